The number of hydrogen-bond acceptors (Lipinski definition) is 6. The first-order valence-corrected chi connectivity index (χ1v) is 8.99. The first kappa shape index (κ1) is 24.2. The Labute approximate surface area is 203 Å². The van der Waals surface area contributed by atoms with Gasteiger partial charge in [-0.3, -0.25) is 4.79 Å². The van der Waals surface area contributed by atoms with Gasteiger partial charge in [0.15, 0.2) is 0 Å². The Morgan fingerprint density at radius 2 is 1.93 bits per heavy atom. The van der Waals surface area contributed by atoms with E-state index < -0.39 is 11.9 Å². The average Bonchev–Trinajstić information content (AvgIpc) is 3.08. The van der Waals surface area contributed by atoms with Crippen molar-refractivity contribution in [2.45, 2.75) is 19.3 Å². The van der Waals surface area contributed by atoms with Gasteiger partial charge in [-0.1, -0.05) is 0 Å². The number of carboxylic acids is 1. The van der Waals surface area contributed by atoms with Crippen LogP contribution in [0.15, 0.2) is 35.7 Å². The second-order valence-corrected chi connectivity index (χ2v) is 6.54. The minimum absolute atomic E-state index is 0. The van der Waals surface area contributed by atoms with Crippen molar-refractivity contribution in [3.05, 3.63) is 46.4 Å². The third-order valence-electron chi connectivity index (χ3n) is 3.67. The molecular formula is C18H19FKNO5S. The fraction of sp³-hybridized carbons (Fsp3) is 0.333. The van der Waals surface area contributed by atoms with E-state index in [0.717, 1.165) is 0 Å². The standard InChI is InChI=1S/C18H20FNO5S.K/c19-13-3-5-14(6-4-13)25-15-10-16(26-11-15)17(22)20-8-1-2-12(7-9-21)18(23)24;/h3-6,10-12,21H,1-2,7-9H2,(H,20,22)(H,23,24);/q;+1/p-1. The summed E-state index contributed by atoms with van der Waals surface area (Å²) < 4.78 is 18.4. The molecule has 0 bridgehead atoms. The quantitative estimate of drug-likeness (QED) is 0.378. The van der Waals surface area contributed by atoms with E-state index in [-0.39, 0.29) is 76.1 Å². The number of carbonyl (C=O) groups excluding carboxylic acids is 2. The number of aliphatic carboxylic acids is 1. The molecule has 2 aromatic rings. The van der Waals surface area contributed by atoms with Gasteiger partial charge in [0.05, 0.1) is 4.88 Å². The number of nitrogens with one attached hydrogen (secondary N) is 1. The largest absolute Gasteiger partial charge is 1.00 e. The number of rotatable bonds is 10. The number of amides is 1. The van der Waals surface area contributed by atoms with E-state index in [0.29, 0.717) is 35.8 Å². The fourth-order valence-electron chi connectivity index (χ4n) is 2.30. The number of carboxylic acid groups (broad SMARTS) is 1. The number of halogens is 1. The molecule has 1 amide bonds. The molecule has 1 aromatic heterocycles. The van der Waals surface area contributed by atoms with E-state index in [1.165, 1.54) is 35.6 Å². The second kappa shape index (κ2) is 12.6. The zero-order chi connectivity index (χ0) is 18.9. The number of hydrogen-bond donors (Lipinski definition) is 2. The van der Waals surface area contributed by atoms with Crippen LogP contribution in [0.2, 0.25) is 0 Å². The molecule has 140 valence electrons. The molecule has 6 nitrogen and oxygen atoms in total. The first-order valence-electron chi connectivity index (χ1n) is 8.11. The van der Waals surface area contributed by atoms with Crippen molar-refractivity contribution >= 4 is 23.2 Å². The van der Waals surface area contributed by atoms with Gasteiger partial charge in [-0.2, -0.15) is 0 Å². The van der Waals surface area contributed by atoms with Gasteiger partial charge in [-0.05, 0) is 43.5 Å². The van der Waals surface area contributed by atoms with Gasteiger partial charge in [0, 0.05) is 36.5 Å². The Hall–Kier alpha value is -0.814. The van der Waals surface area contributed by atoms with Crippen LogP contribution in [0.4, 0.5) is 4.39 Å². The summed E-state index contributed by atoms with van der Waals surface area (Å²) in [4.78, 5) is 23.4. The molecule has 0 radical (unpaired) electrons. The number of thiophene rings is 1. The molecule has 1 heterocycles. The summed E-state index contributed by atoms with van der Waals surface area (Å²) in [5.74, 6) is -1.60. The van der Waals surface area contributed by atoms with E-state index in [2.05, 4.69) is 5.32 Å². The molecule has 27 heavy (non-hydrogen) atoms. The van der Waals surface area contributed by atoms with Gasteiger partial charge in [0.25, 0.3) is 5.91 Å². The van der Waals surface area contributed by atoms with Crippen molar-refractivity contribution < 1.29 is 80.3 Å². The number of aliphatic hydroxyl groups is 1. The molecule has 0 spiro atoms. The van der Waals surface area contributed by atoms with Crippen LogP contribution in [0, 0.1) is 11.7 Å². The van der Waals surface area contributed by atoms with E-state index in [9.17, 15) is 19.1 Å². The molecular weight excluding hydrogens is 400 g/mol. The Bertz CT molecular complexity index is 738. The van der Waals surface area contributed by atoms with Crippen LogP contribution in [-0.2, 0) is 4.79 Å². The van der Waals surface area contributed by atoms with Crippen molar-refractivity contribution in [1.82, 2.24) is 5.32 Å². The summed E-state index contributed by atoms with van der Waals surface area (Å²) in [6, 6.07) is 7.14. The third kappa shape index (κ3) is 8.38. The molecule has 9 heteroatoms. The number of benzene rings is 1. The smallest absolute Gasteiger partial charge is 0.550 e. The molecule has 0 aliphatic carbocycles. The molecule has 2 N–H and O–H groups in total. The van der Waals surface area contributed by atoms with Gasteiger partial charge < -0.3 is 25.1 Å². The Kier molecular flexibility index (Phi) is 11.3. The van der Waals surface area contributed by atoms with Crippen LogP contribution in [0.1, 0.15) is 28.9 Å². The minimum Gasteiger partial charge on any atom is -0.550 e. The number of aliphatic hydroxyl groups excluding tert-OH is 1. The van der Waals surface area contributed by atoms with Crippen LogP contribution in [0.3, 0.4) is 0 Å². The van der Waals surface area contributed by atoms with Crippen molar-refractivity contribution in [3.63, 3.8) is 0 Å². The van der Waals surface area contributed by atoms with E-state index in [1.807, 2.05) is 0 Å². The maximum atomic E-state index is 12.9. The summed E-state index contributed by atoms with van der Waals surface area (Å²) in [5.41, 5.74) is 0. The predicted octanol–water partition coefficient (Wildman–Crippen LogP) is -1.06. The third-order valence-corrected chi connectivity index (χ3v) is 4.58. The molecule has 0 aliphatic rings. The van der Waals surface area contributed by atoms with Crippen LogP contribution < -0.4 is 66.5 Å². The van der Waals surface area contributed by atoms with Crippen molar-refractivity contribution in [3.8, 4) is 11.5 Å². The first-order chi connectivity index (χ1) is 12.5. The van der Waals surface area contributed by atoms with Crippen molar-refractivity contribution in [2.75, 3.05) is 13.2 Å². The number of carbonyl (C=O) groups is 2. The van der Waals surface area contributed by atoms with Crippen LogP contribution in [0.25, 0.3) is 0 Å². The molecule has 0 fully saturated rings. The van der Waals surface area contributed by atoms with Gasteiger partial charge in [0.1, 0.15) is 17.3 Å². The zero-order valence-corrected chi connectivity index (χ0v) is 18.9. The van der Waals surface area contributed by atoms with Gasteiger partial charge in [-0.15, -0.1) is 11.3 Å². The average molecular weight is 420 g/mol. The maximum Gasteiger partial charge on any atom is 1.00 e. The number of ether oxygens (including phenoxy) is 1. The summed E-state index contributed by atoms with van der Waals surface area (Å²) in [7, 11) is 0. The summed E-state index contributed by atoms with van der Waals surface area (Å²) >= 11 is 1.21. The van der Waals surface area contributed by atoms with Gasteiger partial charge >= 0.3 is 51.4 Å². The molecule has 1 atom stereocenters. The summed E-state index contributed by atoms with van der Waals surface area (Å²) in [6.07, 6.45) is 0.937. The fourth-order valence-corrected chi connectivity index (χ4v) is 3.03. The van der Waals surface area contributed by atoms with E-state index >= 15 is 0 Å². The van der Waals surface area contributed by atoms with Gasteiger partial charge in [-0.25, -0.2) is 4.39 Å². The topological polar surface area (TPSA) is 98.7 Å². The molecule has 1 unspecified atom stereocenters. The van der Waals surface area contributed by atoms with Crippen LogP contribution in [-0.4, -0.2) is 30.1 Å². The Balaban J connectivity index is 0.00000364. The Morgan fingerprint density at radius 1 is 1.22 bits per heavy atom. The zero-order valence-electron chi connectivity index (χ0n) is 14.9. The normalized spacial score (nSPS) is 11.3. The van der Waals surface area contributed by atoms with E-state index in [4.69, 9.17) is 9.84 Å². The van der Waals surface area contributed by atoms with Crippen molar-refractivity contribution in [2.24, 2.45) is 5.92 Å². The molecule has 0 saturated heterocycles. The van der Waals surface area contributed by atoms with Crippen molar-refractivity contribution in [1.29, 1.82) is 0 Å². The maximum absolute atomic E-state index is 12.9. The minimum atomic E-state index is -1.19. The summed E-state index contributed by atoms with van der Waals surface area (Å²) in [5, 5.41) is 24.1. The van der Waals surface area contributed by atoms with Gasteiger partial charge in [0.2, 0.25) is 0 Å². The predicted molar refractivity (Wildman–Crippen MR) is 92.6 cm³/mol. The molecule has 2 rings (SSSR count). The summed E-state index contributed by atoms with van der Waals surface area (Å²) in [6.45, 7) is 0.108. The molecule has 1 aromatic carbocycles. The molecule has 0 saturated carbocycles. The monoisotopic (exact) mass is 419 g/mol. The Morgan fingerprint density at radius 3 is 2.56 bits per heavy atom. The SMILES string of the molecule is O=C(NCCCC(CCO)C(=O)[O-])c1cc(Oc2ccc(F)cc2)cs1.[K+]. The van der Waals surface area contributed by atoms with E-state index in [1.54, 1.807) is 11.4 Å². The molecule has 0 aliphatic heterocycles. The van der Waals surface area contributed by atoms with Crippen LogP contribution >= 0.6 is 11.3 Å². The van der Waals surface area contributed by atoms with Crippen LogP contribution in [0.5, 0.6) is 11.5 Å². The second-order valence-electron chi connectivity index (χ2n) is 5.63.